The van der Waals surface area contributed by atoms with Crippen molar-refractivity contribution < 1.29 is 17.9 Å². The number of benzene rings is 3. The monoisotopic (exact) mass is 548 g/mol. The molecule has 0 spiro atoms. The van der Waals surface area contributed by atoms with Crippen molar-refractivity contribution in [1.29, 1.82) is 0 Å². The van der Waals surface area contributed by atoms with Gasteiger partial charge in [0.25, 0.3) is 5.91 Å². The first kappa shape index (κ1) is 27.8. The number of carbonyl (C=O) groups is 1. The third-order valence-corrected chi connectivity index (χ3v) is 7.39. The molecule has 0 saturated heterocycles. The normalized spacial score (nSPS) is 11.7. The maximum Gasteiger partial charge on any atom is 0.251 e. The van der Waals surface area contributed by atoms with E-state index in [1.807, 2.05) is 24.3 Å². The van der Waals surface area contributed by atoms with E-state index in [9.17, 15) is 13.2 Å². The molecule has 6 nitrogen and oxygen atoms in total. The van der Waals surface area contributed by atoms with Crippen LogP contribution in [0.4, 0.5) is 5.69 Å². The van der Waals surface area contributed by atoms with Crippen molar-refractivity contribution >= 4 is 44.8 Å². The highest BCUT2D eigenvalue weighted by Crippen LogP contribution is 2.29. The first-order chi connectivity index (χ1) is 16.8. The summed E-state index contributed by atoms with van der Waals surface area (Å²) in [6.07, 6.45) is 1.12. The van der Waals surface area contributed by atoms with E-state index < -0.39 is 10.0 Å². The minimum atomic E-state index is -3.58. The molecule has 1 amide bonds. The Kier molecular flexibility index (Phi) is 8.93. The Hall–Kier alpha value is -2.74. The molecule has 0 aromatic heterocycles. The molecule has 0 aliphatic carbocycles. The Balaban J connectivity index is 1.55. The summed E-state index contributed by atoms with van der Waals surface area (Å²) >= 11 is 12.0. The third-order valence-electron chi connectivity index (χ3n) is 5.51. The largest absolute Gasteiger partial charge is 0.492 e. The summed E-state index contributed by atoms with van der Waals surface area (Å²) in [6.45, 7) is 7.24. The molecule has 3 rings (SSSR count). The molecule has 0 heterocycles. The van der Waals surface area contributed by atoms with Crippen LogP contribution < -0.4 is 14.4 Å². The summed E-state index contributed by atoms with van der Waals surface area (Å²) in [5.41, 5.74) is 2.89. The number of rotatable bonds is 9. The van der Waals surface area contributed by atoms with Gasteiger partial charge in [-0.1, -0.05) is 68.2 Å². The Bertz CT molecular complexity index is 1300. The molecule has 0 fully saturated rings. The van der Waals surface area contributed by atoms with Crippen molar-refractivity contribution in [3.05, 3.63) is 93.5 Å². The van der Waals surface area contributed by atoms with Crippen LogP contribution in [0.1, 0.15) is 42.3 Å². The van der Waals surface area contributed by atoms with E-state index in [0.29, 0.717) is 35.0 Å². The van der Waals surface area contributed by atoms with E-state index in [2.05, 4.69) is 26.1 Å². The van der Waals surface area contributed by atoms with E-state index in [4.69, 9.17) is 27.9 Å². The summed E-state index contributed by atoms with van der Waals surface area (Å²) in [7, 11) is -3.58. The molecule has 0 bridgehead atoms. The number of sulfonamides is 1. The van der Waals surface area contributed by atoms with Crippen LogP contribution in [0.25, 0.3) is 0 Å². The van der Waals surface area contributed by atoms with Gasteiger partial charge in [-0.3, -0.25) is 9.10 Å². The average molecular weight is 550 g/mol. The van der Waals surface area contributed by atoms with Gasteiger partial charge in [0.05, 0.1) is 35.1 Å². The van der Waals surface area contributed by atoms with Gasteiger partial charge in [0.15, 0.2) is 0 Å². The number of nitrogens with zero attached hydrogens (tertiary/aromatic N) is 1. The number of ether oxygens (including phenoxy) is 1. The van der Waals surface area contributed by atoms with Crippen molar-refractivity contribution in [2.45, 2.75) is 32.7 Å². The predicted octanol–water partition coefficient (Wildman–Crippen LogP) is 6.07. The molecule has 1 N–H and O–H groups in total. The fraction of sp³-hybridized carbons (Fsp3) is 0.296. The quantitative estimate of drug-likeness (QED) is 0.329. The van der Waals surface area contributed by atoms with Crippen LogP contribution in [0.5, 0.6) is 5.75 Å². The van der Waals surface area contributed by atoms with Gasteiger partial charge in [0.1, 0.15) is 12.4 Å². The second-order valence-electron chi connectivity index (χ2n) is 9.44. The number of amides is 1. The van der Waals surface area contributed by atoms with Gasteiger partial charge in [-0.15, -0.1) is 0 Å². The number of halogens is 2. The molecule has 0 saturated carbocycles. The Morgan fingerprint density at radius 3 is 2.14 bits per heavy atom. The second-order valence-corrected chi connectivity index (χ2v) is 12.2. The maximum atomic E-state index is 12.5. The molecule has 0 radical (unpaired) electrons. The fourth-order valence-corrected chi connectivity index (χ4v) is 4.63. The van der Waals surface area contributed by atoms with Gasteiger partial charge in [-0.2, -0.15) is 0 Å². The van der Waals surface area contributed by atoms with Crippen molar-refractivity contribution in [3.8, 4) is 5.75 Å². The highest BCUT2D eigenvalue weighted by atomic mass is 35.5. The van der Waals surface area contributed by atoms with Crippen LogP contribution in [0.3, 0.4) is 0 Å². The summed E-state index contributed by atoms with van der Waals surface area (Å²) in [5.74, 6) is 0.511. The lowest BCUT2D eigenvalue weighted by atomic mass is 9.87. The number of hydrogen-bond donors (Lipinski definition) is 1. The molecule has 3 aromatic carbocycles. The van der Waals surface area contributed by atoms with Crippen LogP contribution in [-0.4, -0.2) is 33.7 Å². The lowest BCUT2D eigenvalue weighted by Gasteiger charge is -2.23. The summed E-state index contributed by atoms with van der Waals surface area (Å²) < 4.78 is 31.7. The molecular formula is C27H30Cl2N2O4S. The number of carbonyl (C=O) groups excluding carboxylic acids is 1. The van der Waals surface area contributed by atoms with Crippen molar-refractivity contribution in [1.82, 2.24) is 5.32 Å². The van der Waals surface area contributed by atoms with E-state index in [1.165, 1.54) is 15.9 Å². The SMILES string of the molecule is CC(C)(C)c1ccc(OCCNC(=O)c2ccc(CN(c3ccc(Cl)c(Cl)c3)S(C)(=O)=O)cc2)cc1. The van der Waals surface area contributed by atoms with Crippen molar-refractivity contribution in [2.75, 3.05) is 23.7 Å². The zero-order chi connectivity index (χ0) is 26.5. The summed E-state index contributed by atoms with van der Waals surface area (Å²) in [4.78, 5) is 12.5. The topological polar surface area (TPSA) is 75.7 Å². The lowest BCUT2D eigenvalue weighted by molar-refractivity contribution is 0.0947. The van der Waals surface area contributed by atoms with Gasteiger partial charge >= 0.3 is 0 Å². The van der Waals surface area contributed by atoms with Gasteiger partial charge in [0, 0.05) is 5.56 Å². The Morgan fingerprint density at radius 2 is 1.58 bits per heavy atom. The fourth-order valence-electron chi connectivity index (χ4n) is 3.45. The smallest absolute Gasteiger partial charge is 0.251 e. The zero-order valence-corrected chi connectivity index (χ0v) is 23.0. The zero-order valence-electron chi connectivity index (χ0n) is 20.7. The van der Waals surface area contributed by atoms with E-state index in [0.717, 1.165) is 12.0 Å². The summed E-state index contributed by atoms with van der Waals surface area (Å²) in [5, 5.41) is 3.43. The standard InChI is InChI=1S/C27H30Cl2N2O4S/c1-27(2,3)21-9-12-23(13-10-21)35-16-15-30-26(32)20-7-5-19(6-8-20)18-31(36(4,33)34)22-11-14-24(28)25(29)17-22/h5-14,17H,15-16,18H2,1-4H3,(H,30,32). The molecule has 0 aliphatic rings. The lowest BCUT2D eigenvalue weighted by Crippen LogP contribution is -2.29. The van der Waals surface area contributed by atoms with Gasteiger partial charge in [-0.05, 0) is 59.0 Å². The third kappa shape index (κ3) is 7.63. The minimum Gasteiger partial charge on any atom is -0.492 e. The van der Waals surface area contributed by atoms with Crippen molar-refractivity contribution in [2.24, 2.45) is 0 Å². The molecule has 192 valence electrons. The van der Waals surface area contributed by atoms with E-state index >= 15 is 0 Å². The number of nitrogens with one attached hydrogen (secondary N) is 1. The highest BCUT2D eigenvalue weighted by molar-refractivity contribution is 7.92. The molecule has 9 heteroatoms. The number of hydrogen-bond acceptors (Lipinski definition) is 4. The molecular weight excluding hydrogens is 519 g/mol. The van der Waals surface area contributed by atoms with Gasteiger partial charge in [0.2, 0.25) is 10.0 Å². The Labute approximate surface area is 223 Å². The van der Waals surface area contributed by atoms with Crippen LogP contribution in [-0.2, 0) is 22.0 Å². The van der Waals surface area contributed by atoms with Crippen LogP contribution in [0, 0.1) is 0 Å². The summed E-state index contributed by atoms with van der Waals surface area (Å²) in [6, 6.07) is 19.4. The molecule has 0 atom stereocenters. The second kappa shape index (κ2) is 11.5. The van der Waals surface area contributed by atoms with E-state index in [-0.39, 0.29) is 22.9 Å². The van der Waals surface area contributed by atoms with Crippen LogP contribution in [0.15, 0.2) is 66.7 Å². The molecule has 0 aliphatic heterocycles. The minimum absolute atomic E-state index is 0.0781. The number of anilines is 1. The van der Waals surface area contributed by atoms with Crippen molar-refractivity contribution in [3.63, 3.8) is 0 Å². The van der Waals surface area contributed by atoms with Crippen LogP contribution >= 0.6 is 23.2 Å². The molecule has 0 unspecified atom stereocenters. The van der Waals surface area contributed by atoms with E-state index in [1.54, 1.807) is 36.4 Å². The van der Waals surface area contributed by atoms with Crippen LogP contribution in [0.2, 0.25) is 10.0 Å². The molecule has 36 heavy (non-hydrogen) atoms. The molecule has 3 aromatic rings. The predicted molar refractivity (Wildman–Crippen MR) is 147 cm³/mol. The average Bonchev–Trinajstić information content (AvgIpc) is 2.81. The maximum absolute atomic E-state index is 12.5. The van der Waals surface area contributed by atoms with Gasteiger partial charge in [-0.25, -0.2) is 8.42 Å². The Morgan fingerprint density at radius 1 is 0.944 bits per heavy atom. The first-order valence-electron chi connectivity index (χ1n) is 11.4. The highest BCUT2D eigenvalue weighted by Gasteiger charge is 2.19. The van der Waals surface area contributed by atoms with Gasteiger partial charge < -0.3 is 10.1 Å². The first-order valence-corrected chi connectivity index (χ1v) is 14.0.